The Morgan fingerprint density at radius 3 is 2.50 bits per heavy atom. The molecule has 2 fully saturated rings. The zero-order valence-corrected chi connectivity index (χ0v) is 19.3. The Bertz CT molecular complexity index is 1120. The van der Waals surface area contributed by atoms with E-state index in [1.165, 1.54) is 0 Å². The molecule has 0 bridgehead atoms. The van der Waals surface area contributed by atoms with E-state index in [2.05, 4.69) is 29.4 Å². The van der Waals surface area contributed by atoms with Crippen LogP contribution in [-0.4, -0.2) is 70.8 Å². The quantitative estimate of drug-likeness (QED) is 0.588. The van der Waals surface area contributed by atoms with Crippen LogP contribution in [0.2, 0.25) is 0 Å². The number of amides is 2. The Hall–Kier alpha value is -3.45. The van der Waals surface area contributed by atoms with Gasteiger partial charge in [0.2, 0.25) is 5.91 Å². The second kappa shape index (κ2) is 10.2. The Morgan fingerprint density at radius 2 is 1.74 bits per heavy atom. The molecule has 1 aromatic heterocycles. The number of hydrogen-bond donors (Lipinski definition) is 0. The van der Waals surface area contributed by atoms with E-state index in [0.717, 1.165) is 29.5 Å². The van der Waals surface area contributed by atoms with Crippen LogP contribution in [-0.2, 0) is 16.1 Å². The van der Waals surface area contributed by atoms with Crippen LogP contribution in [0.5, 0.6) is 0 Å². The number of carbonyl (C=O) groups excluding carboxylic acids is 2. The van der Waals surface area contributed by atoms with Crippen LogP contribution in [0.3, 0.4) is 0 Å². The highest BCUT2D eigenvalue weighted by Crippen LogP contribution is 2.28. The van der Waals surface area contributed by atoms with Crippen molar-refractivity contribution in [2.75, 3.05) is 39.4 Å². The molecule has 3 heterocycles. The highest BCUT2D eigenvalue weighted by atomic mass is 16.5. The number of likely N-dealkylation sites (tertiary alicyclic amines) is 1. The third kappa shape index (κ3) is 4.89. The number of rotatable bonds is 5. The molecule has 7 heteroatoms. The van der Waals surface area contributed by atoms with Gasteiger partial charge in [-0.15, -0.1) is 0 Å². The topological polar surface area (TPSA) is 67.7 Å². The fourth-order valence-corrected chi connectivity index (χ4v) is 4.87. The van der Waals surface area contributed by atoms with Gasteiger partial charge in [-0.05, 0) is 41.7 Å². The average Bonchev–Trinajstić information content (AvgIpc) is 3.42. The molecule has 3 aromatic rings. The van der Waals surface area contributed by atoms with E-state index in [-0.39, 0.29) is 17.7 Å². The predicted octanol–water partition coefficient (Wildman–Crippen LogP) is 3.31. The van der Waals surface area contributed by atoms with Gasteiger partial charge in [0.15, 0.2) is 0 Å². The molecule has 1 atom stereocenters. The lowest BCUT2D eigenvalue weighted by atomic mass is 9.94. The Labute approximate surface area is 199 Å². The first-order valence-electron chi connectivity index (χ1n) is 12.0. The largest absolute Gasteiger partial charge is 0.378 e. The van der Waals surface area contributed by atoms with Crippen molar-refractivity contribution in [3.8, 4) is 11.1 Å². The third-order valence-electron chi connectivity index (χ3n) is 6.71. The molecule has 34 heavy (non-hydrogen) atoms. The smallest absolute Gasteiger partial charge is 0.254 e. The molecule has 2 aromatic carbocycles. The number of nitrogens with zero attached hydrogens (tertiary/aromatic N) is 4. The Kier molecular flexibility index (Phi) is 6.72. The third-order valence-corrected chi connectivity index (χ3v) is 6.71. The molecule has 2 aliphatic rings. The van der Waals surface area contributed by atoms with E-state index in [4.69, 9.17) is 4.74 Å². The summed E-state index contributed by atoms with van der Waals surface area (Å²) in [6.07, 6.45) is 5.39. The van der Waals surface area contributed by atoms with Gasteiger partial charge in [0.1, 0.15) is 0 Å². The molecule has 5 rings (SSSR count). The normalized spacial score (nSPS) is 18.6. The second-order valence-electron chi connectivity index (χ2n) is 8.97. The summed E-state index contributed by atoms with van der Waals surface area (Å²) in [6.45, 7) is 4.34. The lowest BCUT2D eigenvalue weighted by Crippen LogP contribution is -2.49. The summed E-state index contributed by atoms with van der Waals surface area (Å²) in [7, 11) is 0. The Morgan fingerprint density at radius 1 is 0.941 bits per heavy atom. The minimum Gasteiger partial charge on any atom is -0.378 e. The highest BCUT2D eigenvalue weighted by Gasteiger charge is 2.32. The summed E-state index contributed by atoms with van der Waals surface area (Å²) in [5.74, 6) is 0.0158. The molecule has 176 valence electrons. The predicted molar refractivity (Wildman–Crippen MR) is 129 cm³/mol. The van der Waals surface area contributed by atoms with Crippen LogP contribution in [0.4, 0.5) is 0 Å². The van der Waals surface area contributed by atoms with Gasteiger partial charge in [-0.1, -0.05) is 42.5 Å². The number of carbonyl (C=O) groups is 2. The molecule has 0 N–H and O–H groups in total. The number of aromatic nitrogens is 2. The standard InChI is InChI=1S/C27H30N4O3/c32-26(29-15-17-34-18-16-29)23-5-3-13-30(20-23)27(33)25-7-2-1-6-24(25)22-10-8-21(9-11-22)19-31-14-4-12-28-31/h1-2,4,6-12,14,23H,3,5,13,15-20H2. The van der Waals surface area contributed by atoms with E-state index in [1.54, 1.807) is 6.20 Å². The van der Waals surface area contributed by atoms with Gasteiger partial charge in [-0.3, -0.25) is 14.3 Å². The maximum atomic E-state index is 13.6. The van der Waals surface area contributed by atoms with Crippen LogP contribution in [0.25, 0.3) is 11.1 Å². The summed E-state index contributed by atoms with van der Waals surface area (Å²) in [5.41, 5.74) is 3.75. The molecule has 0 spiro atoms. The summed E-state index contributed by atoms with van der Waals surface area (Å²) >= 11 is 0. The van der Waals surface area contributed by atoms with Gasteiger partial charge in [0.25, 0.3) is 5.91 Å². The van der Waals surface area contributed by atoms with Crippen molar-refractivity contribution >= 4 is 11.8 Å². The molecular weight excluding hydrogens is 428 g/mol. The molecular formula is C27H30N4O3. The molecule has 0 aliphatic carbocycles. The first-order valence-corrected chi connectivity index (χ1v) is 12.0. The van der Waals surface area contributed by atoms with Crippen LogP contribution in [0.15, 0.2) is 67.0 Å². The van der Waals surface area contributed by atoms with Gasteiger partial charge in [-0.2, -0.15) is 5.10 Å². The SMILES string of the molecule is O=C(c1ccccc1-c1ccc(Cn2cccn2)cc1)N1CCCC(C(=O)N2CCOCC2)C1. The average molecular weight is 459 g/mol. The molecule has 2 saturated heterocycles. The number of benzene rings is 2. The minimum atomic E-state index is -0.135. The fraction of sp³-hybridized carbons (Fsp3) is 0.370. The van der Waals surface area contributed by atoms with Crippen LogP contribution >= 0.6 is 0 Å². The molecule has 0 saturated carbocycles. The number of piperidine rings is 1. The molecule has 2 aliphatic heterocycles. The van der Waals surface area contributed by atoms with E-state index in [1.807, 2.05) is 51.0 Å². The van der Waals surface area contributed by atoms with Crippen molar-refractivity contribution in [3.63, 3.8) is 0 Å². The number of ether oxygens (including phenoxy) is 1. The molecule has 2 amide bonds. The fourth-order valence-electron chi connectivity index (χ4n) is 4.87. The summed E-state index contributed by atoms with van der Waals surface area (Å²) in [5, 5.41) is 4.26. The van der Waals surface area contributed by atoms with Crippen molar-refractivity contribution in [2.45, 2.75) is 19.4 Å². The number of morpholine rings is 1. The van der Waals surface area contributed by atoms with Crippen molar-refractivity contribution < 1.29 is 14.3 Å². The lowest BCUT2D eigenvalue weighted by molar-refractivity contribution is -0.141. The van der Waals surface area contributed by atoms with Crippen molar-refractivity contribution in [2.24, 2.45) is 5.92 Å². The first-order chi connectivity index (χ1) is 16.7. The highest BCUT2D eigenvalue weighted by molar-refractivity contribution is 6.01. The van der Waals surface area contributed by atoms with Crippen LogP contribution in [0, 0.1) is 5.92 Å². The van der Waals surface area contributed by atoms with Crippen molar-refractivity contribution in [1.82, 2.24) is 19.6 Å². The molecule has 0 radical (unpaired) electrons. The van der Waals surface area contributed by atoms with Crippen LogP contribution < -0.4 is 0 Å². The van der Waals surface area contributed by atoms with E-state index in [9.17, 15) is 9.59 Å². The zero-order chi connectivity index (χ0) is 23.3. The van der Waals surface area contributed by atoms with Gasteiger partial charge < -0.3 is 14.5 Å². The minimum absolute atomic E-state index is 0.00399. The summed E-state index contributed by atoms with van der Waals surface area (Å²) in [6, 6.07) is 18.0. The Balaban J connectivity index is 1.31. The first kappa shape index (κ1) is 22.3. The van der Waals surface area contributed by atoms with Gasteiger partial charge in [-0.25, -0.2) is 0 Å². The van der Waals surface area contributed by atoms with Gasteiger partial charge >= 0.3 is 0 Å². The molecule has 7 nitrogen and oxygen atoms in total. The van der Waals surface area contributed by atoms with Gasteiger partial charge in [0.05, 0.1) is 25.7 Å². The van der Waals surface area contributed by atoms with Crippen molar-refractivity contribution in [1.29, 1.82) is 0 Å². The maximum absolute atomic E-state index is 13.6. The maximum Gasteiger partial charge on any atom is 0.254 e. The zero-order valence-electron chi connectivity index (χ0n) is 19.3. The summed E-state index contributed by atoms with van der Waals surface area (Å²) < 4.78 is 7.27. The molecule has 1 unspecified atom stereocenters. The second-order valence-corrected chi connectivity index (χ2v) is 8.97. The van der Waals surface area contributed by atoms with Crippen LogP contribution in [0.1, 0.15) is 28.8 Å². The van der Waals surface area contributed by atoms with E-state index < -0.39 is 0 Å². The summed E-state index contributed by atoms with van der Waals surface area (Å²) in [4.78, 5) is 30.4. The van der Waals surface area contributed by atoms with E-state index in [0.29, 0.717) is 51.5 Å². The number of hydrogen-bond acceptors (Lipinski definition) is 4. The van der Waals surface area contributed by atoms with Crippen molar-refractivity contribution in [3.05, 3.63) is 78.1 Å². The lowest BCUT2D eigenvalue weighted by Gasteiger charge is -2.36. The van der Waals surface area contributed by atoms with E-state index >= 15 is 0 Å². The monoisotopic (exact) mass is 458 g/mol. The van der Waals surface area contributed by atoms with Gasteiger partial charge in [0, 0.05) is 44.1 Å².